The molecule has 0 radical (unpaired) electrons. The molecule has 1 aromatic carbocycles. The second-order valence-electron chi connectivity index (χ2n) is 10.6. The average molecular weight is 466 g/mol. The van der Waals surface area contributed by atoms with Crippen LogP contribution in [0.4, 0.5) is 13.6 Å². The van der Waals surface area contributed by atoms with Crippen LogP contribution in [0.15, 0.2) is 12.1 Å². The summed E-state index contributed by atoms with van der Waals surface area (Å²) in [6.45, 7) is 13.5. The molecule has 33 heavy (non-hydrogen) atoms. The molecule has 10 heteroatoms. The van der Waals surface area contributed by atoms with Crippen LogP contribution in [0, 0.1) is 11.6 Å². The summed E-state index contributed by atoms with van der Waals surface area (Å²) in [5, 5.41) is 2.74. The highest BCUT2D eigenvalue weighted by atomic mass is 19.2. The predicted octanol–water partition coefficient (Wildman–Crippen LogP) is 3.39. The minimum Gasteiger partial charge on any atom is -0.444 e. The summed E-state index contributed by atoms with van der Waals surface area (Å²) < 4.78 is 46.6. The number of piperidine rings is 1. The fourth-order valence-corrected chi connectivity index (χ4v) is 3.69. The number of halogens is 2. The van der Waals surface area contributed by atoms with Gasteiger partial charge in [-0.2, -0.15) is 0 Å². The van der Waals surface area contributed by atoms with Crippen LogP contribution in [0.5, 0.6) is 0 Å². The molecule has 2 heterocycles. The zero-order chi connectivity index (χ0) is 24.8. The molecule has 2 aliphatic heterocycles. The number of likely N-dealkylation sites (tertiary alicyclic amines) is 1. The Labute approximate surface area is 194 Å². The number of ether oxygens (including phenoxy) is 1. The number of benzene rings is 1. The molecule has 7 nitrogen and oxygen atoms in total. The summed E-state index contributed by atoms with van der Waals surface area (Å²) in [6, 6.07) is 2.30. The van der Waals surface area contributed by atoms with Crippen LogP contribution < -0.4 is 10.8 Å². The summed E-state index contributed by atoms with van der Waals surface area (Å²) in [5.41, 5.74) is -2.47. The van der Waals surface area contributed by atoms with Gasteiger partial charge in [0.1, 0.15) is 5.60 Å². The highest BCUT2D eigenvalue weighted by molar-refractivity contribution is 6.62. The lowest BCUT2D eigenvalue weighted by atomic mass is 9.78. The lowest BCUT2D eigenvalue weighted by molar-refractivity contribution is 0.00578. The Morgan fingerprint density at radius 3 is 2.12 bits per heavy atom. The van der Waals surface area contributed by atoms with E-state index in [2.05, 4.69) is 5.32 Å². The number of hydrogen-bond donors (Lipinski definition) is 1. The standard InChI is InChI=1S/C23H33BF2N2O5/c1-21(2,3)31-20(30)28-12-10-14(11-13-28)27-19(29)15-8-9-16(18(26)17(15)25)24-32-22(4,5)23(6,7)33-24/h8-9,14H,10-13H2,1-7H3,(H,27,29). The summed E-state index contributed by atoms with van der Waals surface area (Å²) in [4.78, 5) is 26.4. The van der Waals surface area contributed by atoms with Crippen LogP contribution >= 0.6 is 0 Å². The van der Waals surface area contributed by atoms with Gasteiger partial charge < -0.3 is 24.3 Å². The Hall–Kier alpha value is -2.20. The van der Waals surface area contributed by atoms with Gasteiger partial charge in [-0.25, -0.2) is 13.6 Å². The van der Waals surface area contributed by atoms with Gasteiger partial charge in [0, 0.05) is 24.6 Å². The molecule has 2 aliphatic rings. The van der Waals surface area contributed by atoms with E-state index in [9.17, 15) is 18.4 Å². The van der Waals surface area contributed by atoms with Gasteiger partial charge in [-0.05, 0) is 67.4 Å². The van der Waals surface area contributed by atoms with E-state index in [4.69, 9.17) is 14.0 Å². The van der Waals surface area contributed by atoms with Crippen LogP contribution in [0.3, 0.4) is 0 Å². The van der Waals surface area contributed by atoms with Crippen LogP contribution in [0.25, 0.3) is 0 Å². The van der Waals surface area contributed by atoms with E-state index in [0.29, 0.717) is 25.9 Å². The summed E-state index contributed by atoms with van der Waals surface area (Å²) in [6.07, 6.45) is 0.570. The number of carbonyl (C=O) groups is 2. The minimum atomic E-state index is -1.24. The van der Waals surface area contributed by atoms with Crippen LogP contribution in [-0.2, 0) is 14.0 Å². The maximum absolute atomic E-state index is 14.9. The third kappa shape index (κ3) is 5.49. The smallest absolute Gasteiger partial charge is 0.444 e. The Morgan fingerprint density at radius 1 is 1.06 bits per heavy atom. The van der Waals surface area contributed by atoms with Crippen molar-refractivity contribution in [3.8, 4) is 0 Å². The summed E-state index contributed by atoms with van der Waals surface area (Å²) in [7, 11) is -1.07. The summed E-state index contributed by atoms with van der Waals surface area (Å²) >= 11 is 0. The molecule has 3 rings (SSSR count). The molecular weight excluding hydrogens is 433 g/mol. The number of carbonyl (C=O) groups excluding carboxylic acids is 2. The fourth-order valence-electron chi connectivity index (χ4n) is 3.69. The molecule has 2 saturated heterocycles. The number of nitrogens with one attached hydrogen (secondary N) is 1. The van der Waals surface area contributed by atoms with Crippen molar-refractivity contribution in [2.45, 2.75) is 84.2 Å². The first-order chi connectivity index (χ1) is 15.1. The van der Waals surface area contributed by atoms with Crippen molar-refractivity contribution in [1.29, 1.82) is 0 Å². The third-order valence-corrected chi connectivity index (χ3v) is 6.35. The highest BCUT2D eigenvalue weighted by Gasteiger charge is 2.52. The Balaban J connectivity index is 1.63. The first-order valence-electron chi connectivity index (χ1n) is 11.2. The second-order valence-corrected chi connectivity index (χ2v) is 10.6. The molecule has 0 saturated carbocycles. The Morgan fingerprint density at radius 2 is 1.61 bits per heavy atom. The van der Waals surface area contributed by atoms with E-state index < -0.39 is 47.6 Å². The normalized spacial score (nSPS) is 20.6. The van der Waals surface area contributed by atoms with Gasteiger partial charge in [0.15, 0.2) is 11.6 Å². The fraction of sp³-hybridized carbons (Fsp3) is 0.652. The van der Waals surface area contributed by atoms with E-state index in [1.807, 2.05) is 27.7 Å². The number of hydrogen-bond acceptors (Lipinski definition) is 5. The SMILES string of the molecule is CC(C)(C)OC(=O)N1CCC(NC(=O)c2ccc(B3OC(C)(C)C(C)(C)O3)c(F)c2F)CC1. The Kier molecular flexibility index (Phi) is 6.83. The lowest BCUT2D eigenvalue weighted by Crippen LogP contribution is -2.48. The number of rotatable bonds is 3. The quantitative estimate of drug-likeness (QED) is 0.692. The van der Waals surface area contributed by atoms with Crippen LogP contribution in [0.2, 0.25) is 0 Å². The average Bonchev–Trinajstić information content (AvgIpc) is 2.90. The maximum atomic E-state index is 14.9. The van der Waals surface area contributed by atoms with Crippen molar-refractivity contribution in [1.82, 2.24) is 10.2 Å². The molecule has 0 aromatic heterocycles. The van der Waals surface area contributed by atoms with Crippen LogP contribution in [-0.4, -0.2) is 60.0 Å². The van der Waals surface area contributed by atoms with Gasteiger partial charge in [-0.1, -0.05) is 6.07 Å². The van der Waals surface area contributed by atoms with Gasteiger partial charge in [0.25, 0.3) is 5.91 Å². The maximum Gasteiger partial charge on any atom is 0.497 e. The second kappa shape index (κ2) is 8.87. The van der Waals surface area contributed by atoms with Gasteiger partial charge in [-0.15, -0.1) is 0 Å². The Bertz CT molecular complexity index is 908. The van der Waals surface area contributed by atoms with Crippen LogP contribution in [0.1, 0.15) is 71.7 Å². The van der Waals surface area contributed by atoms with Crippen molar-refractivity contribution >= 4 is 24.6 Å². The molecule has 1 N–H and O–H groups in total. The third-order valence-electron chi connectivity index (χ3n) is 6.35. The van der Waals surface area contributed by atoms with Gasteiger partial charge in [0.2, 0.25) is 0 Å². The zero-order valence-electron chi connectivity index (χ0n) is 20.4. The minimum absolute atomic E-state index is 0.0895. The largest absolute Gasteiger partial charge is 0.497 e. The monoisotopic (exact) mass is 466 g/mol. The highest BCUT2D eigenvalue weighted by Crippen LogP contribution is 2.36. The molecule has 2 fully saturated rings. The van der Waals surface area contributed by atoms with Gasteiger partial charge in [-0.3, -0.25) is 4.79 Å². The molecule has 2 amide bonds. The molecule has 1 aromatic rings. The number of amides is 2. The van der Waals surface area contributed by atoms with Gasteiger partial charge >= 0.3 is 13.2 Å². The molecule has 0 unspecified atom stereocenters. The van der Waals surface area contributed by atoms with E-state index in [1.54, 1.807) is 25.7 Å². The molecule has 182 valence electrons. The van der Waals surface area contributed by atoms with E-state index >= 15 is 0 Å². The van der Waals surface area contributed by atoms with E-state index in [1.165, 1.54) is 12.1 Å². The summed E-state index contributed by atoms with van der Waals surface area (Å²) in [5.74, 6) is -3.12. The van der Waals surface area contributed by atoms with Crippen molar-refractivity contribution in [2.24, 2.45) is 0 Å². The zero-order valence-corrected chi connectivity index (χ0v) is 20.4. The van der Waals surface area contributed by atoms with Crippen molar-refractivity contribution in [3.63, 3.8) is 0 Å². The van der Waals surface area contributed by atoms with Crippen molar-refractivity contribution < 1.29 is 32.4 Å². The first-order valence-corrected chi connectivity index (χ1v) is 11.2. The molecular formula is C23H33BF2N2O5. The van der Waals surface area contributed by atoms with Crippen molar-refractivity contribution in [2.75, 3.05) is 13.1 Å². The molecule has 0 bridgehead atoms. The first kappa shape index (κ1) is 25.4. The van der Waals surface area contributed by atoms with E-state index in [0.717, 1.165) is 0 Å². The molecule has 0 spiro atoms. The number of nitrogens with zero attached hydrogens (tertiary/aromatic N) is 1. The molecule has 0 aliphatic carbocycles. The topological polar surface area (TPSA) is 77.1 Å². The van der Waals surface area contributed by atoms with Crippen molar-refractivity contribution in [3.05, 3.63) is 29.3 Å². The van der Waals surface area contributed by atoms with Gasteiger partial charge in [0.05, 0.1) is 16.8 Å². The van der Waals surface area contributed by atoms with E-state index in [-0.39, 0.29) is 17.1 Å². The predicted molar refractivity (Wildman–Crippen MR) is 120 cm³/mol. The lowest BCUT2D eigenvalue weighted by Gasteiger charge is -2.33. The molecule has 0 atom stereocenters.